The fourth-order valence-corrected chi connectivity index (χ4v) is 2.48. The van der Waals surface area contributed by atoms with Gasteiger partial charge in [-0.2, -0.15) is 4.99 Å². The fraction of sp³-hybridized carbons (Fsp3) is 0. The molecule has 0 aliphatic carbocycles. The van der Waals surface area contributed by atoms with Crippen LogP contribution in [0.25, 0.3) is 22.2 Å². The molecule has 0 fully saturated rings. The van der Waals surface area contributed by atoms with Crippen molar-refractivity contribution in [2.24, 2.45) is 16.5 Å². The van der Waals surface area contributed by atoms with E-state index in [1.54, 1.807) is 24.3 Å². The summed E-state index contributed by atoms with van der Waals surface area (Å²) in [7, 11) is 0. The van der Waals surface area contributed by atoms with E-state index in [4.69, 9.17) is 23.1 Å². The van der Waals surface area contributed by atoms with Gasteiger partial charge in [0.1, 0.15) is 0 Å². The molecule has 0 atom stereocenters. The third kappa shape index (κ3) is 3.14. The van der Waals surface area contributed by atoms with Gasteiger partial charge in [-0.25, -0.2) is 4.98 Å². The van der Waals surface area contributed by atoms with Gasteiger partial charge in [0.05, 0.1) is 16.8 Å². The lowest BCUT2D eigenvalue weighted by molar-refractivity contribution is 0.100. The number of carbonyl (C=O) groups excluding carboxylic acids is 1. The number of nitrogens with zero attached hydrogens (tertiary/aromatic N) is 2. The molecule has 0 unspecified atom stereocenters. The maximum Gasteiger partial charge on any atom is 0.280 e. The minimum absolute atomic E-state index is 0.282. The van der Waals surface area contributed by atoms with Crippen molar-refractivity contribution in [3.63, 3.8) is 0 Å². The minimum atomic E-state index is -0.517. The van der Waals surface area contributed by atoms with Gasteiger partial charge in [0.15, 0.2) is 5.96 Å². The molecule has 0 saturated carbocycles. The molecule has 2 aromatic carbocycles. The molecule has 23 heavy (non-hydrogen) atoms. The molecule has 0 saturated heterocycles. The van der Waals surface area contributed by atoms with E-state index in [9.17, 15) is 4.79 Å². The number of benzene rings is 2. The quantitative estimate of drug-likeness (QED) is 0.559. The van der Waals surface area contributed by atoms with E-state index in [1.165, 1.54) is 0 Å². The average molecular weight is 325 g/mol. The summed E-state index contributed by atoms with van der Waals surface area (Å²) in [6, 6.07) is 16.3. The van der Waals surface area contributed by atoms with Crippen molar-refractivity contribution in [2.75, 3.05) is 0 Å². The molecule has 1 heterocycles. The first-order chi connectivity index (χ1) is 11.0. The second-order valence-electron chi connectivity index (χ2n) is 4.92. The number of aromatic nitrogens is 1. The molecule has 1 aromatic heterocycles. The Kier molecular flexibility index (Phi) is 3.95. The molecule has 5 nitrogen and oxygen atoms in total. The number of amides is 1. The monoisotopic (exact) mass is 324 g/mol. The van der Waals surface area contributed by atoms with E-state index in [0.29, 0.717) is 27.2 Å². The van der Waals surface area contributed by atoms with Gasteiger partial charge in [0.2, 0.25) is 0 Å². The molecule has 1 amide bonds. The van der Waals surface area contributed by atoms with Gasteiger partial charge in [-0.15, -0.1) is 0 Å². The number of carbonyl (C=O) groups is 1. The van der Waals surface area contributed by atoms with Crippen molar-refractivity contribution in [1.29, 1.82) is 0 Å². The summed E-state index contributed by atoms with van der Waals surface area (Å²) in [5.41, 5.74) is 13.1. The molecule has 6 heteroatoms. The van der Waals surface area contributed by atoms with Gasteiger partial charge in [-0.05, 0) is 18.2 Å². The summed E-state index contributed by atoms with van der Waals surface area (Å²) in [4.78, 5) is 20.5. The van der Waals surface area contributed by atoms with Gasteiger partial charge >= 0.3 is 0 Å². The van der Waals surface area contributed by atoms with E-state index in [2.05, 4.69) is 9.98 Å². The van der Waals surface area contributed by atoms with Crippen LogP contribution in [0.5, 0.6) is 0 Å². The number of nitrogens with two attached hydrogens (primary N) is 2. The Morgan fingerprint density at radius 1 is 1.04 bits per heavy atom. The highest BCUT2D eigenvalue weighted by Crippen LogP contribution is 2.27. The second kappa shape index (κ2) is 6.06. The Bertz CT molecular complexity index is 919. The summed E-state index contributed by atoms with van der Waals surface area (Å²) < 4.78 is 0. The standard InChI is InChI=1S/C17H13ClN4O/c18-11-6-7-12-13(16(23)22-17(19)20)9-14(21-15(12)8-11)10-4-2-1-3-5-10/h1-9H,(H4,19,20,22,23). The van der Waals surface area contributed by atoms with Crippen LogP contribution in [-0.4, -0.2) is 16.9 Å². The Labute approximate surface area is 137 Å². The molecular formula is C17H13ClN4O. The first kappa shape index (κ1) is 15.0. The number of guanidine groups is 1. The highest BCUT2D eigenvalue weighted by atomic mass is 35.5. The largest absolute Gasteiger partial charge is 0.370 e. The number of fused-ring (bicyclic) bond motifs is 1. The van der Waals surface area contributed by atoms with E-state index in [0.717, 1.165) is 5.56 Å². The number of halogens is 1. The van der Waals surface area contributed by atoms with Crippen molar-refractivity contribution in [3.8, 4) is 11.3 Å². The summed E-state index contributed by atoms with van der Waals surface area (Å²) in [5.74, 6) is -0.799. The third-order valence-corrected chi connectivity index (χ3v) is 3.54. The van der Waals surface area contributed by atoms with Crippen molar-refractivity contribution in [1.82, 2.24) is 4.98 Å². The van der Waals surface area contributed by atoms with Crippen molar-refractivity contribution in [3.05, 3.63) is 65.2 Å². The predicted molar refractivity (Wildman–Crippen MR) is 92.3 cm³/mol. The summed E-state index contributed by atoms with van der Waals surface area (Å²) >= 11 is 6.04. The number of hydrogen-bond donors (Lipinski definition) is 2. The molecular weight excluding hydrogens is 312 g/mol. The highest BCUT2D eigenvalue weighted by molar-refractivity contribution is 6.31. The predicted octanol–water partition coefficient (Wildman–Crippen LogP) is 2.97. The number of rotatable bonds is 2. The van der Waals surface area contributed by atoms with Crippen LogP contribution in [0, 0.1) is 0 Å². The van der Waals surface area contributed by atoms with Crippen LogP contribution in [0.4, 0.5) is 0 Å². The molecule has 0 aliphatic rings. The van der Waals surface area contributed by atoms with E-state index in [1.807, 2.05) is 30.3 Å². The fourth-order valence-electron chi connectivity index (χ4n) is 2.31. The van der Waals surface area contributed by atoms with Crippen LogP contribution in [-0.2, 0) is 0 Å². The summed E-state index contributed by atoms with van der Waals surface area (Å²) in [6.45, 7) is 0. The zero-order valence-electron chi connectivity index (χ0n) is 12.0. The first-order valence-corrected chi connectivity index (χ1v) is 7.22. The summed E-state index contributed by atoms with van der Waals surface area (Å²) in [5, 5.41) is 1.18. The van der Waals surface area contributed by atoms with Crippen LogP contribution < -0.4 is 11.5 Å². The van der Waals surface area contributed by atoms with E-state index < -0.39 is 5.91 Å². The van der Waals surface area contributed by atoms with Gasteiger partial charge < -0.3 is 11.5 Å². The zero-order chi connectivity index (χ0) is 16.4. The third-order valence-electron chi connectivity index (χ3n) is 3.30. The smallest absolute Gasteiger partial charge is 0.280 e. The molecule has 3 aromatic rings. The SMILES string of the molecule is NC(N)=NC(=O)c1cc(-c2ccccc2)nc2cc(Cl)ccc12. The maximum absolute atomic E-state index is 12.3. The van der Waals surface area contributed by atoms with E-state index >= 15 is 0 Å². The van der Waals surface area contributed by atoms with Crippen molar-refractivity contribution < 1.29 is 4.79 Å². The van der Waals surface area contributed by atoms with Crippen molar-refractivity contribution in [2.45, 2.75) is 0 Å². The molecule has 0 spiro atoms. The molecule has 0 radical (unpaired) electrons. The Morgan fingerprint density at radius 3 is 2.48 bits per heavy atom. The van der Waals surface area contributed by atoms with Crippen LogP contribution >= 0.6 is 11.6 Å². The maximum atomic E-state index is 12.3. The van der Waals surface area contributed by atoms with Crippen LogP contribution in [0.3, 0.4) is 0 Å². The Morgan fingerprint density at radius 2 is 1.78 bits per heavy atom. The molecule has 114 valence electrons. The molecule has 0 bridgehead atoms. The van der Waals surface area contributed by atoms with Crippen LogP contribution in [0.2, 0.25) is 5.02 Å². The zero-order valence-corrected chi connectivity index (χ0v) is 12.8. The van der Waals surface area contributed by atoms with Gasteiger partial charge in [0.25, 0.3) is 5.91 Å². The second-order valence-corrected chi connectivity index (χ2v) is 5.36. The Balaban J connectivity index is 2.28. The number of hydrogen-bond acceptors (Lipinski definition) is 2. The van der Waals surface area contributed by atoms with Crippen molar-refractivity contribution >= 4 is 34.4 Å². The molecule has 4 N–H and O–H groups in total. The topological polar surface area (TPSA) is 94.4 Å². The van der Waals surface area contributed by atoms with Gasteiger partial charge in [-0.1, -0.05) is 48.0 Å². The molecule has 0 aliphatic heterocycles. The summed E-state index contributed by atoms with van der Waals surface area (Å²) in [6.07, 6.45) is 0. The first-order valence-electron chi connectivity index (χ1n) is 6.84. The number of aliphatic imine (C=N–C) groups is 1. The average Bonchev–Trinajstić information content (AvgIpc) is 2.53. The van der Waals surface area contributed by atoms with Gasteiger partial charge in [0, 0.05) is 16.0 Å². The van der Waals surface area contributed by atoms with Crippen LogP contribution in [0.1, 0.15) is 10.4 Å². The molecule has 3 rings (SSSR count). The lowest BCUT2D eigenvalue weighted by Gasteiger charge is -2.08. The highest BCUT2D eigenvalue weighted by Gasteiger charge is 2.14. The normalized spacial score (nSPS) is 10.5. The lowest BCUT2D eigenvalue weighted by atomic mass is 10.0. The minimum Gasteiger partial charge on any atom is -0.370 e. The van der Waals surface area contributed by atoms with Gasteiger partial charge in [-0.3, -0.25) is 4.79 Å². The van der Waals surface area contributed by atoms with Crippen LogP contribution in [0.15, 0.2) is 59.6 Å². The number of pyridine rings is 1. The Hall–Kier alpha value is -2.92. The van der Waals surface area contributed by atoms with E-state index in [-0.39, 0.29) is 5.96 Å². The lowest BCUT2D eigenvalue weighted by Crippen LogP contribution is -2.24.